The number of hydrogen-bond donors (Lipinski definition) is 4. The quantitative estimate of drug-likeness (QED) is 0.324. The zero-order chi connectivity index (χ0) is 22.4. The number of hydrogen-bond acceptors (Lipinski definition) is 5. The van der Waals surface area contributed by atoms with Crippen LogP contribution in [0.4, 0.5) is 11.4 Å². The summed E-state index contributed by atoms with van der Waals surface area (Å²) in [5.41, 5.74) is 8.10. The Labute approximate surface area is 182 Å². The smallest absolute Gasteiger partial charge is 0.249 e. The summed E-state index contributed by atoms with van der Waals surface area (Å²) in [4.78, 5) is 19.3. The van der Waals surface area contributed by atoms with Crippen molar-refractivity contribution in [3.05, 3.63) is 60.2 Å². The topological polar surface area (TPSA) is 118 Å². The van der Waals surface area contributed by atoms with Crippen molar-refractivity contribution in [2.24, 2.45) is 10.7 Å². The lowest BCUT2D eigenvalue weighted by Crippen LogP contribution is -2.40. The number of benzene rings is 2. The van der Waals surface area contributed by atoms with E-state index in [1.165, 1.54) is 0 Å². The molecule has 5 N–H and O–H groups in total. The highest BCUT2D eigenvalue weighted by molar-refractivity contribution is 6.00. The van der Waals surface area contributed by atoms with E-state index >= 15 is 0 Å². The van der Waals surface area contributed by atoms with Crippen LogP contribution in [0.15, 0.2) is 59.6 Å². The van der Waals surface area contributed by atoms with E-state index in [-0.39, 0.29) is 11.9 Å². The van der Waals surface area contributed by atoms with E-state index in [0.29, 0.717) is 23.0 Å². The van der Waals surface area contributed by atoms with Crippen molar-refractivity contribution >= 4 is 29.0 Å². The lowest BCUT2D eigenvalue weighted by Gasteiger charge is -2.31. The first-order chi connectivity index (χ1) is 14.8. The van der Waals surface area contributed by atoms with Crippen molar-refractivity contribution in [3.63, 3.8) is 0 Å². The summed E-state index contributed by atoms with van der Waals surface area (Å²) < 4.78 is 0. The molecule has 1 heterocycles. The van der Waals surface area contributed by atoms with Gasteiger partial charge in [-0.1, -0.05) is 30.3 Å². The second kappa shape index (κ2) is 10.1. The monoisotopic (exact) mass is 422 g/mol. The molecule has 8 nitrogen and oxygen atoms in total. The molecule has 164 valence electrons. The zero-order valence-electron chi connectivity index (χ0n) is 18.0. The van der Waals surface area contributed by atoms with Gasteiger partial charge in [0, 0.05) is 24.3 Å². The summed E-state index contributed by atoms with van der Waals surface area (Å²) in [6.45, 7) is 5.05. The fraction of sp³-hybridized carbons (Fsp3) is 0.348. The van der Waals surface area contributed by atoms with Gasteiger partial charge in [0.15, 0.2) is 0 Å². The molecule has 31 heavy (non-hydrogen) atoms. The Morgan fingerprint density at radius 3 is 2.55 bits per heavy atom. The minimum atomic E-state index is -0.778. The van der Waals surface area contributed by atoms with Crippen molar-refractivity contribution in [2.75, 3.05) is 23.5 Å². The first kappa shape index (κ1) is 22.3. The fourth-order valence-corrected chi connectivity index (χ4v) is 3.52. The number of nitrogens with two attached hydrogens (primary N) is 1. The highest BCUT2D eigenvalue weighted by atomic mass is 16.5. The van der Waals surface area contributed by atoms with E-state index in [1.807, 2.05) is 23.1 Å². The molecule has 0 aromatic heterocycles. The van der Waals surface area contributed by atoms with E-state index < -0.39 is 6.04 Å². The molecular weight excluding hydrogens is 392 g/mol. The Balaban J connectivity index is 1.63. The molecule has 1 aliphatic heterocycles. The highest BCUT2D eigenvalue weighted by Gasteiger charge is 2.21. The molecule has 0 spiro atoms. The lowest BCUT2D eigenvalue weighted by atomic mass is 10.1. The number of hydroxylamine groups is 1. The molecular formula is C23H30N6O2. The number of anilines is 2. The summed E-state index contributed by atoms with van der Waals surface area (Å²) in [5, 5.41) is 21.8. The maximum absolute atomic E-state index is 12.6. The lowest BCUT2D eigenvalue weighted by molar-refractivity contribution is -0.118. The molecule has 1 unspecified atom stereocenters. The van der Waals surface area contributed by atoms with E-state index in [2.05, 4.69) is 10.3 Å². The maximum Gasteiger partial charge on any atom is 0.249 e. The van der Waals surface area contributed by atoms with E-state index in [0.717, 1.165) is 36.6 Å². The standard InChI is InChI=1S/C23H30N6O2/c1-16(29(31)21-9-4-3-5-10-21)23(30)27-20-8-6-7-18(15-20)22(25)26-19-11-13-28(14-12-19)17(2)24/h3-10,15-16,19,24,31H,11-14H2,1-2H3,(H2,25,26)(H,27,30). The van der Waals surface area contributed by atoms with Crippen LogP contribution < -0.4 is 16.1 Å². The van der Waals surface area contributed by atoms with Gasteiger partial charge < -0.3 is 16.0 Å². The van der Waals surface area contributed by atoms with Gasteiger partial charge in [-0.05, 0) is 51.0 Å². The molecule has 0 aliphatic carbocycles. The molecule has 3 rings (SSSR count). The Morgan fingerprint density at radius 2 is 1.90 bits per heavy atom. The number of nitrogens with one attached hydrogen (secondary N) is 2. The van der Waals surface area contributed by atoms with Crippen molar-refractivity contribution < 1.29 is 10.0 Å². The molecule has 2 aromatic rings. The summed E-state index contributed by atoms with van der Waals surface area (Å²) in [6.07, 6.45) is 1.72. The van der Waals surface area contributed by atoms with Crippen LogP contribution in [0, 0.1) is 5.41 Å². The summed E-state index contributed by atoms with van der Waals surface area (Å²) in [7, 11) is 0. The first-order valence-electron chi connectivity index (χ1n) is 10.4. The van der Waals surface area contributed by atoms with Gasteiger partial charge in [-0.15, -0.1) is 0 Å². The van der Waals surface area contributed by atoms with Crippen LogP contribution in [0.5, 0.6) is 0 Å². The number of para-hydroxylation sites is 1. The molecule has 0 radical (unpaired) electrons. The van der Waals surface area contributed by atoms with Crippen LogP contribution in [0.2, 0.25) is 0 Å². The Morgan fingerprint density at radius 1 is 1.23 bits per heavy atom. The van der Waals surface area contributed by atoms with Gasteiger partial charge in [0.2, 0.25) is 5.91 Å². The van der Waals surface area contributed by atoms with Gasteiger partial charge in [-0.2, -0.15) is 0 Å². The van der Waals surface area contributed by atoms with Gasteiger partial charge >= 0.3 is 0 Å². The molecule has 1 amide bonds. The van der Waals surface area contributed by atoms with Gasteiger partial charge in [0.25, 0.3) is 0 Å². The average Bonchev–Trinajstić information content (AvgIpc) is 2.79. The van der Waals surface area contributed by atoms with Crippen LogP contribution in [0.3, 0.4) is 0 Å². The normalized spacial score (nSPS) is 16.0. The second-order valence-corrected chi connectivity index (χ2v) is 7.74. The molecule has 1 saturated heterocycles. The predicted octanol–water partition coefficient (Wildman–Crippen LogP) is 3.08. The minimum Gasteiger partial charge on any atom is -0.383 e. The van der Waals surface area contributed by atoms with Crippen molar-refractivity contribution in [2.45, 2.75) is 38.8 Å². The number of amides is 1. The van der Waals surface area contributed by atoms with Crippen LogP contribution in [0.1, 0.15) is 32.3 Å². The third-order valence-corrected chi connectivity index (χ3v) is 5.45. The molecule has 0 saturated carbocycles. The summed E-state index contributed by atoms with van der Waals surface area (Å²) in [5.74, 6) is 0.678. The average molecular weight is 423 g/mol. The number of likely N-dealkylation sites (tertiary alicyclic amines) is 1. The molecule has 0 bridgehead atoms. The fourth-order valence-electron chi connectivity index (χ4n) is 3.52. The van der Waals surface area contributed by atoms with Crippen molar-refractivity contribution in [1.82, 2.24) is 4.90 Å². The molecule has 8 heteroatoms. The number of piperidine rings is 1. The van der Waals surface area contributed by atoms with Gasteiger partial charge in [-0.3, -0.25) is 20.4 Å². The number of amidine groups is 2. The van der Waals surface area contributed by atoms with E-state index in [4.69, 9.17) is 11.1 Å². The third-order valence-electron chi connectivity index (χ3n) is 5.45. The van der Waals surface area contributed by atoms with Gasteiger partial charge in [0.05, 0.1) is 17.6 Å². The largest absolute Gasteiger partial charge is 0.383 e. The third kappa shape index (κ3) is 5.82. The predicted molar refractivity (Wildman–Crippen MR) is 124 cm³/mol. The van der Waals surface area contributed by atoms with E-state index in [1.54, 1.807) is 50.2 Å². The molecule has 2 aromatic carbocycles. The number of carbonyl (C=O) groups is 1. The molecule has 1 atom stereocenters. The zero-order valence-corrected chi connectivity index (χ0v) is 18.0. The summed E-state index contributed by atoms with van der Waals surface area (Å²) in [6, 6.07) is 15.5. The van der Waals surface area contributed by atoms with Crippen molar-refractivity contribution in [3.8, 4) is 0 Å². The molecule has 1 fully saturated rings. The number of nitrogens with zero attached hydrogens (tertiary/aromatic N) is 3. The van der Waals surface area contributed by atoms with Crippen molar-refractivity contribution in [1.29, 1.82) is 5.41 Å². The second-order valence-electron chi connectivity index (χ2n) is 7.74. The SMILES string of the molecule is CC(=N)N1CCC(N=C(N)c2cccc(NC(=O)C(C)N(O)c3ccccc3)c2)CC1. The van der Waals surface area contributed by atoms with E-state index in [9.17, 15) is 10.0 Å². The Hall–Kier alpha value is -3.39. The maximum atomic E-state index is 12.6. The van der Waals surface area contributed by atoms with Gasteiger partial charge in [-0.25, -0.2) is 5.06 Å². The number of aliphatic imine (C=N–C) groups is 1. The van der Waals surface area contributed by atoms with Gasteiger partial charge in [0.1, 0.15) is 11.9 Å². The summed E-state index contributed by atoms with van der Waals surface area (Å²) >= 11 is 0. The van der Waals surface area contributed by atoms with Crippen LogP contribution in [-0.4, -0.2) is 52.9 Å². The Bertz CT molecular complexity index is 938. The van der Waals surface area contributed by atoms with Crippen LogP contribution in [0.25, 0.3) is 0 Å². The number of rotatable bonds is 6. The number of carbonyl (C=O) groups excluding carboxylic acids is 1. The van der Waals surface area contributed by atoms with Crippen LogP contribution in [-0.2, 0) is 4.79 Å². The highest BCUT2D eigenvalue weighted by Crippen LogP contribution is 2.18. The van der Waals surface area contributed by atoms with Crippen LogP contribution >= 0.6 is 0 Å². The molecule has 1 aliphatic rings. The minimum absolute atomic E-state index is 0.127. The Kier molecular flexibility index (Phi) is 7.25. The first-order valence-corrected chi connectivity index (χ1v) is 10.4.